The van der Waals surface area contributed by atoms with Crippen LogP contribution in [-0.2, 0) is 10.8 Å². The van der Waals surface area contributed by atoms with E-state index in [9.17, 15) is 0 Å². The van der Waals surface area contributed by atoms with Crippen LogP contribution >= 0.6 is 0 Å². The van der Waals surface area contributed by atoms with Crippen LogP contribution in [0.15, 0.2) is 255 Å². The maximum absolute atomic E-state index is 6.93. The van der Waals surface area contributed by atoms with Crippen molar-refractivity contribution in [1.29, 1.82) is 0 Å². The van der Waals surface area contributed by atoms with Gasteiger partial charge < -0.3 is 14.2 Å². The Hall–Kier alpha value is -9.18. The van der Waals surface area contributed by atoms with Gasteiger partial charge in [0.05, 0.1) is 22.1 Å². The number of fused-ring (bicyclic) bond motifs is 15. The first-order chi connectivity index (χ1) is 36.0. The summed E-state index contributed by atoms with van der Waals surface area (Å²) in [5.41, 5.74) is 23.1. The standard InChI is InChI=1S/C70H48N2O/c1-69(2)57-24-10-6-20-52(57)53-41-40-50(44-61(53)69)71(48-36-32-46(33-37-48)45-18-4-3-5-19-45)64-43-42-51(47-34-38-49(39-35-47)72-62-28-14-8-21-54(62)55-22-9-15-29-63(55)72)67-56-23-7-11-25-58(56)70(68(64)67)59-26-12-16-30-65(59)73-66-31-17-13-27-60(66)70/h3-44H,1-2H3. The number of hydrogen-bond donors (Lipinski definition) is 0. The molecule has 1 aromatic heterocycles. The van der Waals surface area contributed by atoms with Crippen LogP contribution in [0.5, 0.6) is 11.5 Å². The third-order valence-corrected chi connectivity index (χ3v) is 16.3. The van der Waals surface area contributed by atoms with E-state index in [1.54, 1.807) is 0 Å². The summed E-state index contributed by atoms with van der Waals surface area (Å²) in [4.78, 5) is 2.54. The first kappa shape index (κ1) is 41.6. The zero-order valence-corrected chi connectivity index (χ0v) is 40.6. The average molecular weight is 933 g/mol. The molecule has 0 N–H and O–H groups in total. The van der Waals surface area contributed by atoms with Crippen molar-refractivity contribution in [3.63, 3.8) is 0 Å². The maximum atomic E-state index is 6.93. The average Bonchev–Trinajstić information content (AvgIpc) is 4.03. The first-order valence-corrected chi connectivity index (χ1v) is 25.4. The molecule has 1 aliphatic heterocycles. The normalized spacial score (nSPS) is 13.9. The quantitative estimate of drug-likeness (QED) is 0.165. The van der Waals surface area contributed by atoms with Gasteiger partial charge >= 0.3 is 0 Å². The van der Waals surface area contributed by atoms with Crippen LogP contribution in [0.1, 0.15) is 47.2 Å². The molecule has 3 heteroatoms. The summed E-state index contributed by atoms with van der Waals surface area (Å²) in [6.45, 7) is 4.75. The van der Waals surface area contributed by atoms with E-state index in [1.165, 1.54) is 83.0 Å². The largest absolute Gasteiger partial charge is 0.457 e. The highest BCUT2D eigenvalue weighted by molar-refractivity contribution is 6.09. The predicted octanol–water partition coefficient (Wildman–Crippen LogP) is 18.4. The van der Waals surface area contributed by atoms with Gasteiger partial charge in [0, 0.05) is 49.9 Å². The minimum Gasteiger partial charge on any atom is -0.457 e. The fourth-order valence-corrected chi connectivity index (χ4v) is 13.1. The molecule has 0 bridgehead atoms. The molecule has 3 aliphatic rings. The van der Waals surface area contributed by atoms with Crippen molar-refractivity contribution in [2.45, 2.75) is 24.7 Å². The Morgan fingerprint density at radius 1 is 0.370 bits per heavy atom. The van der Waals surface area contributed by atoms with Crippen LogP contribution < -0.4 is 9.64 Å². The molecule has 11 aromatic carbocycles. The smallest absolute Gasteiger partial charge is 0.132 e. The molecule has 2 aliphatic carbocycles. The van der Waals surface area contributed by atoms with Crippen LogP contribution in [0.2, 0.25) is 0 Å². The Morgan fingerprint density at radius 3 is 1.56 bits per heavy atom. The van der Waals surface area contributed by atoms with Gasteiger partial charge in [-0.3, -0.25) is 0 Å². The Morgan fingerprint density at radius 2 is 0.877 bits per heavy atom. The predicted molar refractivity (Wildman–Crippen MR) is 301 cm³/mol. The molecule has 15 rings (SSSR count). The summed E-state index contributed by atoms with van der Waals surface area (Å²) in [7, 11) is 0. The highest BCUT2D eigenvalue weighted by Crippen LogP contribution is 2.66. The number of hydrogen-bond acceptors (Lipinski definition) is 2. The van der Waals surface area contributed by atoms with Crippen molar-refractivity contribution in [3.05, 3.63) is 288 Å². The van der Waals surface area contributed by atoms with Crippen molar-refractivity contribution in [2.75, 3.05) is 4.90 Å². The van der Waals surface area contributed by atoms with Gasteiger partial charge in [0.2, 0.25) is 0 Å². The second-order valence-corrected chi connectivity index (χ2v) is 20.3. The van der Waals surface area contributed by atoms with Crippen molar-refractivity contribution >= 4 is 38.9 Å². The number of aromatic nitrogens is 1. The molecule has 73 heavy (non-hydrogen) atoms. The summed E-state index contributed by atoms with van der Waals surface area (Å²) in [5, 5.41) is 2.51. The Bertz CT molecular complexity index is 4100. The molecule has 2 heterocycles. The second-order valence-electron chi connectivity index (χ2n) is 20.3. The van der Waals surface area contributed by atoms with E-state index < -0.39 is 5.41 Å². The summed E-state index contributed by atoms with van der Waals surface area (Å²) in [6.07, 6.45) is 0. The lowest BCUT2D eigenvalue weighted by Crippen LogP contribution is -2.33. The molecule has 0 saturated heterocycles. The molecule has 0 unspecified atom stereocenters. The van der Waals surface area contributed by atoms with Gasteiger partial charge in [0.25, 0.3) is 0 Å². The minimum absolute atomic E-state index is 0.196. The molecule has 344 valence electrons. The highest BCUT2D eigenvalue weighted by atomic mass is 16.5. The molecule has 12 aromatic rings. The SMILES string of the molecule is CC1(C)c2ccccc2-c2ccc(N(c3ccc(-c4ccccc4)cc3)c3ccc(-c4ccc(-n5c6ccccc6c6ccccc65)cc4)c4c3C3(c5ccccc5Oc5ccccc53)c3ccccc3-4)cc21. The molecule has 1 spiro atoms. The van der Waals surface area contributed by atoms with Crippen molar-refractivity contribution < 1.29 is 4.74 Å². The van der Waals surface area contributed by atoms with Gasteiger partial charge in [-0.1, -0.05) is 202 Å². The van der Waals surface area contributed by atoms with Gasteiger partial charge in [-0.2, -0.15) is 0 Å². The lowest BCUT2D eigenvalue weighted by Gasteiger charge is -2.41. The van der Waals surface area contributed by atoms with Crippen molar-refractivity contribution in [2.24, 2.45) is 0 Å². The highest BCUT2D eigenvalue weighted by Gasteiger charge is 2.53. The lowest BCUT2D eigenvalue weighted by molar-refractivity contribution is 0.436. The topological polar surface area (TPSA) is 17.4 Å². The Balaban J connectivity index is 1.02. The minimum atomic E-state index is -0.750. The van der Waals surface area contributed by atoms with E-state index in [4.69, 9.17) is 4.74 Å². The van der Waals surface area contributed by atoms with Crippen molar-refractivity contribution in [1.82, 2.24) is 4.57 Å². The lowest BCUT2D eigenvalue weighted by atomic mass is 9.65. The first-order valence-electron chi connectivity index (χ1n) is 25.4. The number of anilines is 3. The molecule has 0 atom stereocenters. The van der Waals surface area contributed by atoms with Gasteiger partial charge in [-0.05, 0) is 128 Å². The molecule has 3 nitrogen and oxygen atoms in total. The van der Waals surface area contributed by atoms with Gasteiger partial charge in [0.15, 0.2) is 0 Å². The molecular formula is C70H48N2O. The fourth-order valence-electron chi connectivity index (χ4n) is 13.1. The van der Waals surface area contributed by atoms with Crippen LogP contribution in [0.25, 0.3) is 72.0 Å². The zero-order chi connectivity index (χ0) is 48.4. The van der Waals surface area contributed by atoms with Gasteiger partial charge in [-0.25, -0.2) is 0 Å². The van der Waals surface area contributed by atoms with Crippen LogP contribution in [0.4, 0.5) is 17.1 Å². The number of rotatable bonds is 6. The van der Waals surface area contributed by atoms with E-state index in [2.05, 4.69) is 278 Å². The van der Waals surface area contributed by atoms with E-state index in [0.717, 1.165) is 50.9 Å². The fraction of sp³-hybridized carbons (Fsp3) is 0.0571. The van der Waals surface area contributed by atoms with E-state index >= 15 is 0 Å². The monoisotopic (exact) mass is 932 g/mol. The van der Waals surface area contributed by atoms with Crippen LogP contribution in [-0.4, -0.2) is 4.57 Å². The maximum Gasteiger partial charge on any atom is 0.132 e. The third-order valence-electron chi connectivity index (χ3n) is 16.3. The van der Waals surface area contributed by atoms with Gasteiger partial charge in [0.1, 0.15) is 11.5 Å². The molecule has 0 radical (unpaired) electrons. The van der Waals surface area contributed by atoms with E-state index in [1.807, 2.05) is 0 Å². The molecular weight excluding hydrogens is 885 g/mol. The molecule has 0 fully saturated rings. The Labute approximate surface area is 425 Å². The molecule has 0 amide bonds. The summed E-state index contributed by atoms with van der Waals surface area (Å²) in [6, 6.07) is 94.1. The third kappa shape index (κ3) is 5.88. The van der Waals surface area contributed by atoms with Crippen LogP contribution in [0, 0.1) is 0 Å². The number of nitrogens with zero attached hydrogens (tertiary/aromatic N) is 2. The second kappa shape index (κ2) is 15.7. The number of benzene rings is 11. The van der Waals surface area contributed by atoms with Crippen LogP contribution in [0.3, 0.4) is 0 Å². The summed E-state index contributed by atoms with van der Waals surface area (Å²) >= 11 is 0. The molecule has 0 saturated carbocycles. The van der Waals surface area contributed by atoms with Crippen molar-refractivity contribution in [3.8, 4) is 61.7 Å². The summed E-state index contributed by atoms with van der Waals surface area (Å²) < 4.78 is 9.33. The van der Waals surface area contributed by atoms with E-state index in [0.29, 0.717) is 0 Å². The summed E-state index contributed by atoms with van der Waals surface area (Å²) in [5.74, 6) is 1.73. The zero-order valence-electron chi connectivity index (χ0n) is 40.6. The Kier molecular flexibility index (Phi) is 8.92. The van der Waals surface area contributed by atoms with Gasteiger partial charge in [-0.15, -0.1) is 0 Å². The number of para-hydroxylation sites is 4. The number of ether oxygens (including phenoxy) is 1. The van der Waals surface area contributed by atoms with E-state index in [-0.39, 0.29) is 5.41 Å².